The van der Waals surface area contributed by atoms with Gasteiger partial charge in [-0.05, 0) is 47.0 Å². The van der Waals surface area contributed by atoms with Crippen LogP contribution in [-0.4, -0.2) is 16.5 Å². The van der Waals surface area contributed by atoms with Crippen LogP contribution in [0.25, 0.3) is 0 Å². The van der Waals surface area contributed by atoms with Crippen LogP contribution >= 0.6 is 39.3 Å². The van der Waals surface area contributed by atoms with Crippen LogP contribution in [-0.2, 0) is 0 Å². The zero-order chi connectivity index (χ0) is 13.3. The molecule has 0 amide bonds. The Morgan fingerprint density at radius 1 is 1.26 bits per heavy atom. The Balaban J connectivity index is 1.73. The molecule has 2 nitrogen and oxygen atoms in total. The lowest BCUT2D eigenvalue weighted by molar-refractivity contribution is 0.335. The molecule has 102 valence electrons. The standard InChI is InChI=1S/C14H16BrClN2S/c15-11-5-4-10(8-12(11)16)17-13-18-14(9-19-13)6-2-1-3-7-14/h4-5,8H,1-3,6-7,9H2,(H,17,18). The molecule has 1 aromatic carbocycles. The first-order chi connectivity index (χ1) is 9.17. The summed E-state index contributed by atoms with van der Waals surface area (Å²) in [6.45, 7) is 0. The Labute approximate surface area is 131 Å². The lowest BCUT2D eigenvalue weighted by Gasteiger charge is -2.29. The van der Waals surface area contributed by atoms with Crippen molar-refractivity contribution in [1.82, 2.24) is 0 Å². The quantitative estimate of drug-likeness (QED) is 0.734. The lowest BCUT2D eigenvalue weighted by atomic mass is 9.84. The average Bonchev–Trinajstić information content (AvgIpc) is 2.78. The van der Waals surface area contributed by atoms with Crippen molar-refractivity contribution >= 4 is 50.1 Å². The maximum atomic E-state index is 6.11. The van der Waals surface area contributed by atoms with Crippen molar-refractivity contribution in [2.75, 3.05) is 11.1 Å². The number of rotatable bonds is 1. The van der Waals surface area contributed by atoms with Crippen LogP contribution in [0.1, 0.15) is 32.1 Å². The van der Waals surface area contributed by atoms with E-state index < -0.39 is 0 Å². The first-order valence-electron chi connectivity index (χ1n) is 6.62. The fourth-order valence-corrected chi connectivity index (χ4v) is 4.34. The highest BCUT2D eigenvalue weighted by Gasteiger charge is 2.36. The van der Waals surface area contributed by atoms with E-state index in [0.29, 0.717) is 0 Å². The van der Waals surface area contributed by atoms with E-state index in [2.05, 4.69) is 21.2 Å². The number of hydrogen-bond acceptors (Lipinski definition) is 3. The smallest absolute Gasteiger partial charge is 0.161 e. The molecule has 1 N–H and O–H groups in total. The molecule has 0 aromatic heterocycles. The molecule has 1 heterocycles. The molecular formula is C14H16BrClN2S. The number of nitrogens with zero attached hydrogens (tertiary/aromatic N) is 1. The molecule has 1 aliphatic heterocycles. The fourth-order valence-electron chi connectivity index (χ4n) is 2.71. The second kappa shape index (κ2) is 5.66. The number of nitrogens with one attached hydrogen (secondary N) is 1. The summed E-state index contributed by atoms with van der Waals surface area (Å²) >= 11 is 11.3. The van der Waals surface area contributed by atoms with Crippen molar-refractivity contribution in [1.29, 1.82) is 0 Å². The Kier molecular flexibility index (Phi) is 4.11. The zero-order valence-electron chi connectivity index (χ0n) is 10.6. The monoisotopic (exact) mass is 358 g/mol. The van der Waals surface area contributed by atoms with Crippen molar-refractivity contribution in [3.63, 3.8) is 0 Å². The highest BCUT2D eigenvalue weighted by molar-refractivity contribution is 9.10. The summed E-state index contributed by atoms with van der Waals surface area (Å²) in [7, 11) is 0. The molecule has 1 fully saturated rings. The SMILES string of the molecule is Clc1cc(NC2=NC3(CCCCC3)CS2)ccc1Br. The van der Waals surface area contributed by atoms with Gasteiger partial charge in [0.15, 0.2) is 5.17 Å². The summed E-state index contributed by atoms with van der Waals surface area (Å²) in [5, 5.41) is 5.15. The molecular weight excluding hydrogens is 344 g/mol. The summed E-state index contributed by atoms with van der Waals surface area (Å²) in [5.74, 6) is 1.12. The molecule has 0 radical (unpaired) electrons. The highest BCUT2D eigenvalue weighted by atomic mass is 79.9. The molecule has 0 bridgehead atoms. The fraction of sp³-hybridized carbons (Fsp3) is 0.500. The van der Waals surface area contributed by atoms with Crippen LogP contribution in [0.2, 0.25) is 5.02 Å². The molecule has 19 heavy (non-hydrogen) atoms. The third-order valence-electron chi connectivity index (χ3n) is 3.77. The second-order valence-electron chi connectivity index (χ2n) is 5.24. The van der Waals surface area contributed by atoms with E-state index >= 15 is 0 Å². The zero-order valence-corrected chi connectivity index (χ0v) is 13.7. The number of hydrogen-bond donors (Lipinski definition) is 1. The minimum atomic E-state index is 0.213. The van der Waals surface area contributed by atoms with Crippen molar-refractivity contribution < 1.29 is 0 Å². The molecule has 5 heteroatoms. The molecule has 0 saturated heterocycles. The first-order valence-corrected chi connectivity index (χ1v) is 8.77. The van der Waals surface area contributed by atoms with Gasteiger partial charge in [0, 0.05) is 15.9 Å². The Hall–Kier alpha value is -0.190. The number of amidine groups is 1. The van der Waals surface area contributed by atoms with Gasteiger partial charge in [-0.1, -0.05) is 42.6 Å². The Morgan fingerprint density at radius 3 is 2.79 bits per heavy atom. The van der Waals surface area contributed by atoms with E-state index in [9.17, 15) is 0 Å². The summed E-state index contributed by atoms with van der Waals surface area (Å²) in [5.41, 5.74) is 1.22. The molecule has 1 saturated carbocycles. The van der Waals surface area contributed by atoms with Crippen LogP contribution in [0.5, 0.6) is 0 Å². The summed E-state index contributed by atoms with van der Waals surface area (Å²) in [6, 6.07) is 5.91. The highest BCUT2D eigenvalue weighted by Crippen LogP contribution is 2.40. The van der Waals surface area contributed by atoms with E-state index in [1.54, 1.807) is 0 Å². The van der Waals surface area contributed by atoms with Crippen molar-refractivity contribution in [3.05, 3.63) is 27.7 Å². The van der Waals surface area contributed by atoms with Crippen molar-refractivity contribution in [3.8, 4) is 0 Å². The number of aliphatic imine (C=N–C) groups is 1. The molecule has 1 aromatic rings. The molecule has 1 spiro atoms. The summed E-state index contributed by atoms with van der Waals surface area (Å²) in [6.07, 6.45) is 6.49. The van der Waals surface area contributed by atoms with Gasteiger partial charge in [-0.3, -0.25) is 4.99 Å². The van der Waals surface area contributed by atoms with Crippen LogP contribution in [0.3, 0.4) is 0 Å². The van der Waals surface area contributed by atoms with Crippen molar-refractivity contribution in [2.45, 2.75) is 37.6 Å². The van der Waals surface area contributed by atoms with Crippen LogP contribution < -0.4 is 5.32 Å². The third kappa shape index (κ3) is 3.11. The van der Waals surface area contributed by atoms with Gasteiger partial charge in [0.05, 0.1) is 10.6 Å². The first kappa shape index (κ1) is 13.8. The van der Waals surface area contributed by atoms with E-state index in [1.165, 1.54) is 32.1 Å². The van der Waals surface area contributed by atoms with E-state index in [0.717, 1.165) is 26.1 Å². The Bertz CT molecular complexity index is 512. The van der Waals surface area contributed by atoms with E-state index in [-0.39, 0.29) is 5.54 Å². The molecule has 1 aliphatic carbocycles. The van der Waals surface area contributed by atoms with Crippen molar-refractivity contribution in [2.24, 2.45) is 4.99 Å². The number of thioether (sulfide) groups is 1. The van der Waals surface area contributed by atoms with Gasteiger partial charge in [0.1, 0.15) is 0 Å². The summed E-state index contributed by atoms with van der Waals surface area (Å²) in [4.78, 5) is 4.94. The molecule has 2 aliphatic rings. The lowest BCUT2D eigenvalue weighted by Crippen LogP contribution is -2.29. The number of halogens is 2. The minimum absolute atomic E-state index is 0.213. The minimum Gasteiger partial charge on any atom is -0.335 e. The van der Waals surface area contributed by atoms with Gasteiger partial charge in [-0.25, -0.2) is 0 Å². The van der Waals surface area contributed by atoms with Gasteiger partial charge in [0.25, 0.3) is 0 Å². The predicted molar refractivity (Wildman–Crippen MR) is 88.5 cm³/mol. The third-order valence-corrected chi connectivity index (χ3v) is 6.15. The Morgan fingerprint density at radius 2 is 2.05 bits per heavy atom. The maximum Gasteiger partial charge on any atom is 0.161 e. The topological polar surface area (TPSA) is 24.4 Å². The second-order valence-corrected chi connectivity index (χ2v) is 7.47. The number of benzene rings is 1. The van der Waals surface area contributed by atoms with Gasteiger partial charge in [0.2, 0.25) is 0 Å². The normalized spacial score (nSPS) is 21.5. The molecule has 0 atom stereocenters. The largest absolute Gasteiger partial charge is 0.335 e. The van der Waals surface area contributed by atoms with E-state index in [1.807, 2.05) is 30.0 Å². The van der Waals surface area contributed by atoms with Crippen LogP contribution in [0.4, 0.5) is 5.69 Å². The predicted octanol–water partition coefficient (Wildman–Crippen LogP) is 5.32. The maximum absolute atomic E-state index is 6.11. The van der Waals surface area contributed by atoms with E-state index in [4.69, 9.17) is 16.6 Å². The van der Waals surface area contributed by atoms with Gasteiger partial charge in [-0.2, -0.15) is 0 Å². The number of anilines is 1. The molecule has 0 unspecified atom stereocenters. The van der Waals surface area contributed by atoms with Gasteiger partial charge in [-0.15, -0.1) is 0 Å². The van der Waals surface area contributed by atoms with Gasteiger partial charge < -0.3 is 5.32 Å². The summed E-state index contributed by atoms with van der Waals surface area (Å²) < 4.78 is 0.921. The molecule has 3 rings (SSSR count). The van der Waals surface area contributed by atoms with Gasteiger partial charge >= 0.3 is 0 Å². The average molecular weight is 360 g/mol. The van der Waals surface area contributed by atoms with Crippen LogP contribution in [0.15, 0.2) is 27.7 Å². The van der Waals surface area contributed by atoms with Crippen LogP contribution in [0, 0.1) is 0 Å².